The highest BCUT2D eigenvalue weighted by Gasteiger charge is 2.10. The van der Waals surface area contributed by atoms with Gasteiger partial charge >= 0.3 is 0 Å². The third-order valence-corrected chi connectivity index (χ3v) is 4.02. The first-order chi connectivity index (χ1) is 8.24. The van der Waals surface area contributed by atoms with Crippen molar-refractivity contribution in [2.75, 3.05) is 19.0 Å². The van der Waals surface area contributed by atoms with Crippen molar-refractivity contribution in [2.45, 2.75) is 19.4 Å². The van der Waals surface area contributed by atoms with E-state index in [0.717, 1.165) is 26.8 Å². The van der Waals surface area contributed by atoms with E-state index in [0.29, 0.717) is 12.6 Å². The standard InChI is InChI=1S/C12H15ClN2OS/c1-3-8(7-16-2)14-12-15-10-6-4-5-9(13)11(10)17-12/h4-6,8H,3,7H2,1-2H3,(H,14,15). The molecule has 0 saturated heterocycles. The summed E-state index contributed by atoms with van der Waals surface area (Å²) in [6.07, 6.45) is 0.998. The topological polar surface area (TPSA) is 34.1 Å². The van der Waals surface area contributed by atoms with Gasteiger partial charge in [-0.1, -0.05) is 35.9 Å². The van der Waals surface area contributed by atoms with Crippen LogP contribution in [0.2, 0.25) is 5.02 Å². The van der Waals surface area contributed by atoms with Gasteiger partial charge < -0.3 is 10.1 Å². The normalized spacial score (nSPS) is 12.9. The van der Waals surface area contributed by atoms with E-state index < -0.39 is 0 Å². The van der Waals surface area contributed by atoms with E-state index in [-0.39, 0.29) is 0 Å². The number of methoxy groups -OCH3 is 1. The second kappa shape index (κ2) is 5.67. The van der Waals surface area contributed by atoms with Crippen molar-refractivity contribution in [1.82, 2.24) is 4.98 Å². The number of nitrogens with zero attached hydrogens (tertiary/aromatic N) is 1. The summed E-state index contributed by atoms with van der Waals surface area (Å²) >= 11 is 7.70. The van der Waals surface area contributed by atoms with Gasteiger partial charge in [-0.2, -0.15) is 0 Å². The highest BCUT2D eigenvalue weighted by atomic mass is 35.5. The Kier molecular flexibility index (Phi) is 4.20. The molecule has 0 amide bonds. The van der Waals surface area contributed by atoms with Gasteiger partial charge in [-0.25, -0.2) is 4.98 Å². The number of nitrogens with one attached hydrogen (secondary N) is 1. The summed E-state index contributed by atoms with van der Waals surface area (Å²) < 4.78 is 6.18. The van der Waals surface area contributed by atoms with Gasteiger partial charge in [0, 0.05) is 7.11 Å². The van der Waals surface area contributed by atoms with E-state index in [1.165, 1.54) is 0 Å². The molecule has 0 saturated carbocycles. The summed E-state index contributed by atoms with van der Waals surface area (Å²) in [5, 5.41) is 5.03. The average Bonchev–Trinajstić information content (AvgIpc) is 2.72. The second-order valence-electron chi connectivity index (χ2n) is 3.81. The van der Waals surface area contributed by atoms with Crippen molar-refractivity contribution in [3.63, 3.8) is 0 Å². The molecule has 1 unspecified atom stereocenters. The van der Waals surface area contributed by atoms with Crippen LogP contribution in [0.25, 0.3) is 10.2 Å². The number of benzene rings is 1. The van der Waals surface area contributed by atoms with E-state index in [1.807, 2.05) is 18.2 Å². The van der Waals surface area contributed by atoms with Gasteiger partial charge in [-0.15, -0.1) is 0 Å². The van der Waals surface area contributed by atoms with Crippen molar-refractivity contribution in [2.24, 2.45) is 0 Å². The van der Waals surface area contributed by atoms with E-state index >= 15 is 0 Å². The average molecular weight is 271 g/mol. The maximum Gasteiger partial charge on any atom is 0.184 e. The minimum atomic E-state index is 0.291. The first kappa shape index (κ1) is 12.6. The predicted molar refractivity (Wildman–Crippen MR) is 74.2 cm³/mol. The molecule has 3 nitrogen and oxygen atoms in total. The second-order valence-corrected chi connectivity index (χ2v) is 5.22. The highest BCUT2D eigenvalue weighted by Crippen LogP contribution is 2.32. The van der Waals surface area contributed by atoms with Crippen molar-refractivity contribution in [1.29, 1.82) is 0 Å². The van der Waals surface area contributed by atoms with Crippen molar-refractivity contribution < 1.29 is 4.74 Å². The Morgan fingerprint density at radius 1 is 1.53 bits per heavy atom. The fourth-order valence-electron chi connectivity index (χ4n) is 1.61. The zero-order chi connectivity index (χ0) is 12.3. The van der Waals surface area contributed by atoms with Crippen LogP contribution in [-0.4, -0.2) is 24.7 Å². The largest absolute Gasteiger partial charge is 0.383 e. The summed E-state index contributed by atoms with van der Waals surface area (Å²) in [5.41, 5.74) is 0.942. The molecule has 1 heterocycles. The van der Waals surface area contributed by atoms with Crippen molar-refractivity contribution >= 4 is 38.3 Å². The number of ether oxygens (including phenoxy) is 1. The van der Waals surface area contributed by atoms with Crippen LogP contribution in [0, 0.1) is 0 Å². The van der Waals surface area contributed by atoms with Crippen LogP contribution in [0.1, 0.15) is 13.3 Å². The molecule has 2 aromatic rings. The van der Waals surface area contributed by atoms with Gasteiger partial charge in [-0.3, -0.25) is 0 Å². The molecule has 0 radical (unpaired) electrons. The first-order valence-electron chi connectivity index (χ1n) is 5.55. The molecule has 92 valence electrons. The van der Waals surface area contributed by atoms with Gasteiger partial charge in [0.25, 0.3) is 0 Å². The lowest BCUT2D eigenvalue weighted by molar-refractivity contribution is 0.184. The molecule has 2 rings (SSSR count). The number of anilines is 1. The maximum atomic E-state index is 6.12. The van der Waals surface area contributed by atoms with Gasteiger partial charge in [-0.05, 0) is 18.6 Å². The third-order valence-electron chi connectivity index (χ3n) is 2.56. The van der Waals surface area contributed by atoms with E-state index in [4.69, 9.17) is 16.3 Å². The smallest absolute Gasteiger partial charge is 0.184 e. The number of thiazole rings is 1. The number of rotatable bonds is 5. The molecule has 1 N–H and O–H groups in total. The Morgan fingerprint density at radius 2 is 2.35 bits per heavy atom. The molecular weight excluding hydrogens is 256 g/mol. The van der Waals surface area contributed by atoms with Crippen LogP contribution in [0.3, 0.4) is 0 Å². The lowest BCUT2D eigenvalue weighted by atomic mass is 10.2. The molecule has 0 fully saturated rings. The lowest BCUT2D eigenvalue weighted by Gasteiger charge is -2.14. The molecule has 0 bridgehead atoms. The van der Waals surface area contributed by atoms with Crippen LogP contribution in [0.15, 0.2) is 18.2 Å². The fourth-order valence-corrected chi connectivity index (χ4v) is 2.85. The summed E-state index contributed by atoms with van der Waals surface area (Å²) in [6, 6.07) is 6.07. The Morgan fingerprint density at radius 3 is 3.00 bits per heavy atom. The van der Waals surface area contributed by atoms with Crippen LogP contribution in [0.4, 0.5) is 5.13 Å². The first-order valence-corrected chi connectivity index (χ1v) is 6.74. The van der Waals surface area contributed by atoms with Gasteiger partial charge in [0.2, 0.25) is 0 Å². The minimum Gasteiger partial charge on any atom is -0.383 e. The Balaban J connectivity index is 2.21. The van der Waals surface area contributed by atoms with Gasteiger partial charge in [0.1, 0.15) is 0 Å². The maximum absolute atomic E-state index is 6.12. The summed E-state index contributed by atoms with van der Waals surface area (Å²) in [7, 11) is 1.71. The van der Waals surface area contributed by atoms with E-state index in [2.05, 4.69) is 17.2 Å². The summed E-state index contributed by atoms with van der Waals surface area (Å²) in [4.78, 5) is 4.51. The minimum absolute atomic E-state index is 0.291. The Hall–Kier alpha value is -0.840. The van der Waals surface area contributed by atoms with Gasteiger partial charge in [0.15, 0.2) is 5.13 Å². The Labute approximate surface area is 110 Å². The monoisotopic (exact) mass is 270 g/mol. The molecule has 0 spiro atoms. The Bertz CT molecular complexity index is 500. The zero-order valence-electron chi connectivity index (χ0n) is 9.87. The van der Waals surface area contributed by atoms with Gasteiger partial charge in [0.05, 0.1) is 27.9 Å². The number of hydrogen-bond donors (Lipinski definition) is 1. The van der Waals surface area contributed by atoms with Crippen LogP contribution < -0.4 is 5.32 Å². The summed E-state index contributed by atoms with van der Waals surface area (Å²) in [5.74, 6) is 0. The van der Waals surface area contributed by atoms with E-state index in [9.17, 15) is 0 Å². The zero-order valence-corrected chi connectivity index (χ0v) is 11.4. The van der Waals surface area contributed by atoms with Crippen LogP contribution in [-0.2, 0) is 4.74 Å². The molecule has 0 aliphatic heterocycles. The van der Waals surface area contributed by atoms with Crippen molar-refractivity contribution in [3.8, 4) is 0 Å². The quantitative estimate of drug-likeness (QED) is 0.898. The fraction of sp³-hybridized carbons (Fsp3) is 0.417. The lowest BCUT2D eigenvalue weighted by Crippen LogP contribution is -2.23. The molecule has 0 aliphatic carbocycles. The molecule has 1 aromatic heterocycles. The number of halogens is 1. The van der Waals surface area contributed by atoms with Crippen LogP contribution in [0.5, 0.6) is 0 Å². The predicted octanol–water partition coefficient (Wildman–Crippen LogP) is 3.79. The molecule has 1 atom stereocenters. The number of hydrogen-bond acceptors (Lipinski definition) is 4. The highest BCUT2D eigenvalue weighted by molar-refractivity contribution is 7.22. The van der Waals surface area contributed by atoms with Crippen molar-refractivity contribution in [3.05, 3.63) is 23.2 Å². The summed E-state index contributed by atoms with van der Waals surface area (Å²) in [6.45, 7) is 2.80. The number of fused-ring (bicyclic) bond motifs is 1. The number of aromatic nitrogens is 1. The molecule has 0 aliphatic rings. The SMILES string of the molecule is CCC(COC)Nc1nc2cccc(Cl)c2s1. The van der Waals surface area contributed by atoms with Crippen LogP contribution >= 0.6 is 22.9 Å². The molecule has 5 heteroatoms. The van der Waals surface area contributed by atoms with E-state index in [1.54, 1.807) is 18.4 Å². The molecular formula is C12H15ClN2OS. The third kappa shape index (κ3) is 2.89. The molecule has 1 aromatic carbocycles. The molecule has 17 heavy (non-hydrogen) atoms.